The first kappa shape index (κ1) is 18.6. The van der Waals surface area contributed by atoms with Crippen molar-refractivity contribution in [1.29, 1.82) is 0 Å². The van der Waals surface area contributed by atoms with Crippen LogP contribution < -0.4 is 10.6 Å². The number of aromatic nitrogens is 1. The lowest BCUT2D eigenvalue weighted by Crippen LogP contribution is -2.41. The molecular weight excluding hydrogens is 348 g/mol. The fraction of sp³-hybridized carbons (Fsp3) is 0.304. The second kappa shape index (κ2) is 8.50. The SMILES string of the molecule is CNC(=O)[C@@H]1C[C@H](NCc2cccnc2)CN1Cc1cccc2ccccc12. The predicted molar refractivity (Wildman–Crippen MR) is 112 cm³/mol. The van der Waals surface area contributed by atoms with Crippen molar-refractivity contribution in [2.24, 2.45) is 0 Å². The summed E-state index contributed by atoms with van der Waals surface area (Å²) in [5, 5.41) is 8.93. The van der Waals surface area contributed by atoms with Gasteiger partial charge >= 0.3 is 0 Å². The summed E-state index contributed by atoms with van der Waals surface area (Å²) in [7, 11) is 1.72. The third-order valence-electron chi connectivity index (χ3n) is 5.52. The third-order valence-corrected chi connectivity index (χ3v) is 5.52. The molecule has 2 atom stereocenters. The molecule has 1 saturated heterocycles. The Morgan fingerprint density at radius 1 is 1.14 bits per heavy atom. The summed E-state index contributed by atoms with van der Waals surface area (Å²) < 4.78 is 0. The molecular formula is C23H26N4O. The minimum atomic E-state index is -0.115. The van der Waals surface area contributed by atoms with Gasteiger partial charge < -0.3 is 10.6 Å². The van der Waals surface area contributed by atoms with Crippen LogP contribution in [0.4, 0.5) is 0 Å². The highest BCUT2D eigenvalue weighted by atomic mass is 16.2. The van der Waals surface area contributed by atoms with Crippen molar-refractivity contribution in [2.75, 3.05) is 13.6 Å². The molecule has 1 fully saturated rings. The van der Waals surface area contributed by atoms with E-state index in [1.165, 1.54) is 16.3 Å². The average molecular weight is 374 g/mol. The van der Waals surface area contributed by atoms with Crippen molar-refractivity contribution in [3.8, 4) is 0 Å². The summed E-state index contributed by atoms with van der Waals surface area (Å²) in [4.78, 5) is 19.0. The van der Waals surface area contributed by atoms with E-state index in [0.717, 1.165) is 31.6 Å². The van der Waals surface area contributed by atoms with Crippen LogP contribution in [0.5, 0.6) is 0 Å². The summed E-state index contributed by atoms with van der Waals surface area (Å²) in [6, 6.07) is 19.0. The van der Waals surface area contributed by atoms with Crippen molar-refractivity contribution in [3.05, 3.63) is 78.1 Å². The average Bonchev–Trinajstić information content (AvgIpc) is 3.15. The van der Waals surface area contributed by atoms with Crippen molar-refractivity contribution >= 4 is 16.7 Å². The number of hydrogen-bond acceptors (Lipinski definition) is 4. The lowest BCUT2D eigenvalue weighted by Gasteiger charge is -2.23. The Morgan fingerprint density at radius 3 is 2.82 bits per heavy atom. The lowest BCUT2D eigenvalue weighted by molar-refractivity contribution is -0.125. The van der Waals surface area contributed by atoms with Gasteiger partial charge in [0.15, 0.2) is 0 Å². The number of carbonyl (C=O) groups is 1. The maximum Gasteiger partial charge on any atom is 0.237 e. The first-order chi connectivity index (χ1) is 13.7. The Bertz CT molecular complexity index is 938. The van der Waals surface area contributed by atoms with E-state index >= 15 is 0 Å². The largest absolute Gasteiger partial charge is 0.358 e. The van der Waals surface area contributed by atoms with Crippen LogP contribution in [0.15, 0.2) is 67.0 Å². The number of nitrogens with zero attached hydrogens (tertiary/aromatic N) is 2. The number of carbonyl (C=O) groups excluding carboxylic acids is 1. The van der Waals surface area contributed by atoms with Crippen LogP contribution in [0.1, 0.15) is 17.5 Å². The maximum atomic E-state index is 12.5. The van der Waals surface area contributed by atoms with Gasteiger partial charge in [0.2, 0.25) is 5.91 Å². The molecule has 28 heavy (non-hydrogen) atoms. The Hall–Kier alpha value is -2.76. The maximum absolute atomic E-state index is 12.5. The van der Waals surface area contributed by atoms with Crippen LogP contribution in [0, 0.1) is 0 Å². The quantitative estimate of drug-likeness (QED) is 0.697. The number of likely N-dealkylation sites (N-methyl/N-ethyl adjacent to an activating group) is 1. The molecule has 1 aromatic heterocycles. The number of amides is 1. The molecule has 0 aliphatic carbocycles. The van der Waals surface area contributed by atoms with Crippen molar-refractivity contribution in [1.82, 2.24) is 20.5 Å². The number of rotatable bonds is 6. The van der Waals surface area contributed by atoms with Gasteiger partial charge in [-0.25, -0.2) is 0 Å². The van der Waals surface area contributed by atoms with Crippen LogP contribution in [-0.2, 0) is 17.9 Å². The van der Waals surface area contributed by atoms with Gasteiger partial charge in [-0.15, -0.1) is 0 Å². The first-order valence-corrected chi connectivity index (χ1v) is 9.79. The lowest BCUT2D eigenvalue weighted by atomic mass is 10.0. The van der Waals surface area contributed by atoms with E-state index in [9.17, 15) is 4.79 Å². The Kier molecular flexibility index (Phi) is 5.65. The molecule has 1 aliphatic rings. The fourth-order valence-electron chi connectivity index (χ4n) is 4.08. The van der Waals surface area contributed by atoms with Crippen LogP contribution in [-0.4, -0.2) is 41.5 Å². The van der Waals surface area contributed by atoms with E-state index in [-0.39, 0.29) is 18.0 Å². The molecule has 2 aromatic carbocycles. The first-order valence-electron chi connectivity index (χ1n) is 9.79. The van der Waals surface area contributed by atoms with E-state index < -0.39 is 0 Å². The smallest absolute Gasteiger partial charge is 0.237 e. The highest BCUT2D eigenvalue weighted by Crippen LogP contribution is 2.25. The highest BCUT2D eigenvalue weighted by Gasteiger charge is 2.36. The third kappa shape index (κ3) is 4.06. The normalized spacial score (nSPS) is 19.8. The van der Waals surface area contributed by atoms with Gasteiger partial charge in [0.25, 0.3) is 0 Å². The van der Waals surface area contributed by atoms with Crippen LogP contribution in [0.25, 0.3) is 10.8 Å². The van der Waals surface area contributed by atoms with E-state index in [4.69, 9.17) is 0 Å². The molecule has 0 unspecified atom stereocenters. The second-order valence-corrected chi connectivity index (χ2v) is 7.37. The van der Waals surface area contributed by atoms with Crippen molar-refractivity contribution < 1.29 is 4.79 Å². The summed E-state index contributed by atoms with van der Waals surface area (Å²) >= 11 is 0. The zero-order valence-electron chi connectivity index (χ0n) is 16.1. The fourth-order valence-corrected chi connectivity index (χ4v) is 4.08. The summed E-state index contributed by atoms with van der Waals surface area (Å²) in [6.45, 7) is 2.38. The minimum Gasteiger partial charge on any atom is -0.358 e. The molecule has 144 valence electrons. The predicted octanol–water partition coefficient (Wildman–Crippen LogP) is 2.71. The number of hydrogen-bond donors (Lipinski definition) is 2. The molecule has 0 radical (unpaired) electrons. The van der Waals surface area contributed by atoms with Gasteiger partial charge in [0.05, 0.1) is 6.04 Å². The Labute approximate surface area is 165 Å². The zero-order valence-corrected chi connectivity index (χ0v) is 16.1. The van der Waals surface area contributed by atoms with E-state index in [1.54, 1.807) is 13.2 Å². The van der Waals surface area contributed by atoms with Gasteiger partial charge in [0.1, 0.15) is 0 Å². The second-order valence-electron chi connectivity index (χ2n) is 7.37. The van der Waals surface area contributed by atoms with Gasteiger partial charge in [-0.1, -0.05) is 48.5 Å². The Morgan fingerprint density at radius 2 is 2.00 bits per heavy atom. The molecule has 5 nitrogen and oxygen atoms in total. The van der Waals surface area contributed by atoms with Crippen LogP contribution in [0.3, 0.4) is 0 Å². The number of benzene rings is 2. The van der Waals surface area contributed by atoms with Gasteiger partial charge in [0, 0.05) is 45.1 Å². The van der Waals surface area contributed by atoms with Crippen molar-refractivity contribution in [3.63, 3.8) is 0 Å². The molecule has 0 bridgehead atoms. The Balaban J connectivity index is 1.50. The highest BCUT2D eigenvalue weighted by molar-refractivity contribution is 5.86. The number of pyridine rings is 1. The van der Waals surface area contributed by atoms with Crippen molar-refractivity contribution in [2.45, 2.75) is 31.6 Å². The molecule has 1 amide bonds. The standard InChI is InChI=1S/C23H26N4O/c1-24-23(28)22-12-20(26-14-17-6-5-11-25-13-17)16-27(22)15-19-9-4-8-18-7-2-3-10-21(18)19/h2-11,13,20,22,26H,12,14-16H2,1H3,(H,24,28)/t20-,22-/m0/s1. The number of likely N-dealkylation sites (tertiary alicyclic amines) is 1. The van der Waals surface area contributed by atoms with Crippen LogP contribution >= 0.6 is 0 Å². The van der Waals surface area contributed by atoms with Gasteiger partial charge in [-0.3, -0.25) is 14.7 Å². The molecule has 0 saturated carbocycles. The van der Waals surface area contributed by atoms with Gasteiger partial charge in [-0.2, -0.15) is 0 Å². The topological polar surface area (TPSA) is 57.3 Å². The van der Waals surface area contributed by atoms with E-state index in [2.05, 4.69) is 69.0 Å². The van der Waals surface area contributed by atoms with Crippen LogP contribution in [0.2, 0.25) is 0 Å². The molecule has 2 N–H and O–H groups in total. The van der Waals surface area contributed by atoms with Gasteiger partial charge in [-0.05, 0) is 34.4 Å². The molecule has 3 aromatic rings. The molecule has 5 heteroatoms. The number of nitrogens with one attached hydrogen (secondary N) is 2. The summed E-state index contributed by atoms with van der Waals surface area (Å²) in [5.74, 6) is 0.0888. The monoisotopic (exact) mass is 374 g/mol. The molecule has 0 spiro atoms. The van der Waals surface area contributed by atoms with E-state index in [1.807, 2.05) is 12.3 Å². The molecule has 1 aliphatic heterocycles. The summed E-state index contributed by atoms with van der Waals surface area (Å²) in [5.41, 5.74) is 2.42. The minimum absolute atomic E-state index is 0.0888. The number of fused-ring (bicyclic) bond motifs is 1. The summed E-state index contributed by atoms with van der Waals surface area (Å²) in [6.07, 6.45) is 4.48. The van der Waals surface area contributed by atoms with E-state index in [0.29, 0.717) is 0 Å². The molecule has 2 heterocycles. The molecule has 4 rings (SSSR count). The zero-order chi connectivity index (χ0) is 19.3.